The molecule has 0 aromatic heterocycles. The summed E-state index contributed by atoms with van der Waals surface area (Å²) >= 11 is 6.24. The SMILES string of the molecule is COc1ccc(S(=O)(=O)Oc2cccc(CN(CC(C)C)C(=O)c3ccccc3Cl)c2)cc1. The molecule has 0 atom stereocenters. The lowest BCUT2D eigenvalue weighted by molar-refractivity contribution is 0.0722. The first-order valence-electron chi connectivity index (χ1n) is 10.4. The van der Waals surface area contributed by atoms with E-state index in [0.29, 0.717) is 22.9 Å². The lowest BCUT2D eigenvalue weighted by Gasteiger charge is -2.25. The van der Waals surface area contributed by atoms with Crippen LogP contribution < -0.4 is 8.92 Å². The number of halogens is 1. The topological polar surface area (TPSA) is 72.9 Å². The molecule has 0 spiro atoms. The van der Waals surface area contributed by atoms with E-state index in [-0.39, 0.29) is 29.0 Å². The molecule has 3 rings (SSSR count). The Hall–Kier alpha value is -3.03. The van der Waals surface area contributed by atoms with E-state index in [4.69, 9.17) is 20.5 Å². The Morgan fingerprint density at radius 3 is 2.30 bits per heavy atom. The molecule has 0 unspecified atom stereocenters. The standard InChI is InChI=1S/C25H26ClNO5S/c1-18(2)16-27(25(28)23-9-4-5-10-24(23)26)17-19-7-6-8-21(15-19)32-33(29,30)22-13-11-20(31-3)12-14-22/h4-15,18H,16-17H2,1-3H3. The first-order chi connectivity index (χ1) is 15.7. The lowest BCUT2D eigenvalue weighted by Crippen LogP contribution is -2.34. The van der Waals surface area contributed by atoms with Crippen molar-refractivity contribution in [3.05, 3.63) is 88.9 Å². The number of carbonyl (C=O) groups is 1. The van der Waals surface area contributed by atoms with Crippen molar-refractivity contribution in [1.82, 2.24) is 4.90 Å². The zero-order valence-corrected chi connectivity index (χ0v) is 20.3. The van der Waals surface area contributed by atoms with Crippen LogP contribution in [0.3, 0.4) is 0 Å². The number of methoxy groups -OCH3 is 1. The van der Waals surface area contributed by atoms with E-state index in [1.54, 1.807) is 59.5 Å². The molecule has 6 nitrogen and oxygen atoms in total. The van der Waals surface area contributed by atoms with E-state index in [0.717, 1.165) is 5.56 Å². The molecule has 0 aliphatic rings. The molecule has 174 valence electrons. The normalized spacial score (nSPS) is 11.3. The summed E-state index contributed by atoms with van der Waals surface area (Å²) < 4.78 is 35.7. The first-order valence-corrected chi connectivity index (χ1v) is 12.2. The fraction of sp³-hybridized carbons (Fsp3) is 0.240. The van der Waals surface area contributed by atoms with Crippen LogP contribution in [0.2, 0.25) is 5.02 Å². The Balaban J connectivity index is 1.81. The van der Waals surface area contributed by atoms with E-state index >= 15 is 0 Å². The molecule has 0 fully saturated rings. The third-order valence-electron chi connectivity index (χ3n) is 4.80. The first kappa shape index (κ1) is 24.6. The quantitative estimate of drug-likeness (QED) is 0.377. The summed E-state index contributed by atoms with van der Waals surface area (Å²) in [5, 5.41) is 0.388. The van der Waals surface area contributed by atoms with Crippen LogP contribution in [-0.4, -0.2) is 32.9 Å². The van der Waals surface area contributed by atoms with E-state index < -0.39 is 10.1 Å². The molecule has 0 radical (unpaired) electrons. The van der Waals surface area contributed by atoms with Gasteiger partial charge in [0.25, 0.3) is 5.91 Å². The van der Waals surface area contributed by atoms with Crippen LogP contribution >= 0.6 is 11.6 Å². The molecule has 3 aromatic carbocycles. The zero-order valence-electron chi connectivity index (χ0n) is 18.7. The van der Waals surface area contributed by atoms with Crippen LogP contribution in [0, 0.1) is 5.92 Å². The average molecular weight is 488 g/mol. The summed E-state index contributed by atoms with van der Waals surface area (Å²) in [5.74, 6) is 0.750. The molecule has 0 N–H and O–H groups in total. The number of benzene rings is 3. The number of hydrogen-bond acceptors (Lipinski definition) is 5. The van der Waals surface area contributed by atoms with Crippen molar-refractivity contribution in [3.63, 3.8) is 0 Å². The number of amides is 1. The maximum Gasteiger partial charge on any atom is 0.339 e. The van der Waals surface area contributed by atoms with Gasteiger partial charge < -0.3 is 13.8 Å². The number of rotatable bonds is 9. The molecule has 0 bridgehead atoms. The van der Waals surface area contributed by atoms with Crippen LogP contribution in [0.1, 0.15) is 29.8 Å². The van der Waals surface area contributed by atoms with Gasteiger partial charge >= 0.3 is 10.1 Å². The highest BCUT2D eigenvalue weighted by Crippen LogP contribution is 2.24. The van der Waals surface area contributed by atoms with Crippen molar-refractivity contribution in [2.24, 2.45) is 5.92 Å². The van der Waals surface area contributed by atoms with Gasteiger partial charge in [-0.05, 0) is 60.0 Å². The molecule has 1 amide bonds. The minimum atomic E-state index is -4.02. The third-order valence-corrected chi connectivity index (χ3v) is 6.39. The van der Waals surface area contributed by atoms with Gasteiger partial charge in [-0.1, -0.05) is 49.7 Å². The highest BCUT2D eigenvalue weighted by molar-refractivity contribution is 7.87. The molecule has 3 aromatic rings. The number of hydrogen-bond donors (Lipinski definition) is 0. The fourth-order valence-electron chi connectivity index (χ4n) is 3.30. The van der Waals surface area contributed by atoms with Gasteiger partial charge in [-0.25, -0.2) is 0 Å². The van der Waals surface area contributed by atoms with E-state index in [9.17, 15) is 13.2 Å². The molecule has 0 aliphatic carbocycles. The number of ether oxygens (including phenoxy) is 1. The minimum Gasteiger partial charge on any atom is -0.497 e. The Morgan fingerprint density at radius 2 is 1.67 bits per heavy atom. The molecular formula is C25H26ClNO5S. The van der Waals surface area contributed by atoms with Crippen molar-refractivity contribution >= 4 is 27.6 Å². The summed E-state index contributed by atoms with van der Waals surface area (Å²) in [5.41, 5.74) is 1.16. The highest BCUT2D eigenvalue weighted by atomic mass is 35.5. The lowest BCUT2D eigenvalue weighted by atomic mass is 10.1. The van der Waals surface area contributed by atoms with Crippen LogP contribution in [0.25, 0.3) is 0 Å². The van der Waals surface area contributed by atoms with E-state index in [2.05, 4.69) is 0 Å². The summed E-state index contributed by atoms with van der Waals surface area (Å²) in [6.45, 7) is 4.84. The predicted octanol–water partition coefficient (Wildman–Crippen LogP) is 5.41. The van der Waals surface area contributed by atoms with Crippen LogP contribution in [-0.2, 0) is 16.7 Å². The molecule has 33 heavy (non-hydrogen) atoms. The largest absolute Gasteiger partial charge is 0.497 e. The smallest absolute Gasteiger partial charge is 0.339 e. The zero-order chi connectivity index (χ0) is 24.0. The van der Waals surface area contributed by atoms with Gasteiger partial charge in [0.1, 0.15) is 16.4 Å². The van der Waals surface area contributed by atoms with Gasteiger partial charge in [-0.3, -0.25) is 4.79 Å². The fourth-order valence-corrected chi connectivity index (χ4v) is 4.44. The maximum absolute atomic E-state index is 13.2. The second-order valence-corrected chi connectivity index (χ2v) is 9.87. The summed E-state index contributed by atoms with van der Waals surface area (Å²) in [6, 6.07) is 19.6. The Bertz CT molecular complexity index is 1210. The minimum absolute atomic E-state index is 0.0176. The summed E-state index contributed by atoms with van der Waals surface area (Å²) in [4.78, 5) is 14.9. The molecule has 0 heterocycles. The maximum atomic E-state index is 13.2. The molecule has 0 saturated carbocycles. The van der Waals surface area contributed by atoms with Crippen molar-refractivity contribution in [2.75, 3.05) is 13.7 Å². The van der Waals surface area contributed by atoms with E-state index in [1.807, 2.05) is 19.9 Å². The number of nitrogens with zero attached hydrogens (tertiary/aromatic N) is 1. The van der Waals surface area contributed by atoms with Crippen molar-refractivity contribution in [1.29, 1.82) is 0 Å². The number of carbonyl (C=O) groups excluding carboxylic acids is 1. The molecule has 0 saturated heterocycles. The van der Waals surface area contributed by atoms with Crippen molar-refractivity contribution in [2.45, 2.75) is 25.3 Å². The van der Waals surface area contributed by atoms with Gasteiger partial charge in [0.05, 0.1) is 17.7 Å². The van der Waals surface area contributed by atoms with Crippen LogP contribution in [0.4, 0.5) is 0 Å². The van der Waals surface area contributed by atoms with Crippen LogP contribution in [0.15, 0.2) is 77.7 Å². The van der Waals surface area contributed by atoms with Crippen LogP contribution in [0.5, 0.6) is 11.5 Å². The van der Waals surface area contributed by atoms with Crippen molar-refractivity contribution < 1.29 is 22.1 Å². The average Bonchev–Trinajstić information content (AvgIpc) is 2.78. The molecular weight excluding hydrogens is 462 g/mol. The van der Waals surface area contributed by atoms with E-state index in [1.165, 1.54) is 19.2 Å². The highest BCUT2D eigenvalue weighted by Gasteiger charge is 2.21. The monoisotopic (exact) mass is 487 g/mol. The Morgan fingerprint density at radius 1 is 0.970 bits per heavy atom. The summed E-state index contributed by atoms with van der Waals surface area (Å²) in [6.07, 6.45) is 0. The third kappa shape index (κ3) is 6.49. The molecule has 8 heteroatoms. The summed E-state index contributed by atoms with van der Waals surface area (Å²) in [7, 11) is -2.52. The van der Waals surface area contributed by atoms with Crippen molar-refractivity contribution in [3.8, 4) is 11.5 Å². The second kappa shape index (κ2) is 10.7. The Kier molecular flexibility index (Phi) is 8.00. The van der Waals surface area contributed by atoms with Gasteiger partial charge in [-0.15, -0.1) is 0 Å². The van der Waals surface area contributed by atoms with Gasteiger partial charge in [-0.2, -0.15) is 8.42 Å². The predicted molar refractivity (Wildman–Crippen MR) is 128 cm³/mol. The van der Waals surface area contributed by atoms with Gasteiger partial charge in [0.2, 0.25) is 0 Å². The molecule has 0 aliphatic heterocycles. The second-order valence-electron chi connectivity index (χ2n) is 7.92. The van der Waals surface area contributed by atoms with Gasteiger partial charge in [0, 0.05) is 13.1 Å². The van der Waals surface area contributed by atoms with Gasteiger partial charge in [0.15, 0.2) is 0 Å². The Labute approximate surface area is 199 Å².